The van der Waals surface area contributed by atoms with Crippen molar-refractivity contribution in [1.82, 2.24) is 4.98 Å². The van der Waals surface area contributed by atoms with Gasteiger partial charge in [-0.3, -0.25) is 4.79 Å². The number of esters is 1. The molecule has 108 valence electrons. The Morgan fingerprint density at radius 3 is 2.95 bits per heavy atom. The summed E-state index contributed by atoms with van der Waals surface area (Å²) < 4.78 is 5.39. The summed E-state index contributed by atoms with van der Waals surface area (Å²) in [6.07, 6.45) is 6.31. The molecular formula is C16H22N2O2. The molecule has 2 rings (SSSR count). The fourth-order valence-corrected chi connectivity index (χ4v) is 2.29. The van der Waals surface area contributed by atoms with Crippen molar-refractivity contribution in [1.29, 1.82) is 0 Å². The smallest absolute Gasteiger partial charge is 0.311 e. The van der Waals surface area contributed by atoms with Gasteiger partial charge in [0.2, 0.25) is 0 Å². The van der Waals surface area contributed by atoms with E-state index in [0.717, 1.165) is 42.1 Å². The molecule has 20 heavy (non-hydrogen) atoms. The van der Waals surface area contributed by atoms with Crippen LogP contribution < -0.4 is 10.5 Å². The maximum atomic E-state index is 11.7. The van der Waals surface area contributed by atoms with Crippen LogP contribution in [-0.4, -0.2) is 17.5 Å². The summed E-state index contributed by atoms with van der Waals surface area (Å²) in [6.45, 7) is 2.72. The Hall–Kier alpha value is -1.81. The number of carbonyl (C=O) groups is 1. The van der Waals surface area contributed by atoms with Gasteiger partial charge in [-0.1, -0.05) is 19.8 Å². The fourth-order valence-electron chi connectivity index (χ4n) is 2.29. The van der Waals surface area contributed by atoms with Crippen LogP contribution in [0.15, 0.2) is 24.4 Å². The molecule has 0 fully saturated rings. The molecule has 0 unspecified atom stereocenters. The highest BCUT2D eigenvalue weighted by molar-refractivity contribution is 5.85. The lowest BCUT2D eigenvalue weighted by Crippen LogP contribution is -2.07. The highest BCUT2D eigenvalue weighted by Crippen LogP contribution is 2.24. The summed E-state index contributed by atoms with van der Waals surface area (Å²) in [4.78, 5) is 14.9. The molecule has 0 atom stereocenters. The van der Waals surface area contributed by atoms with Gasteiger partial charge in [-0.2, -0.15) is 0 Å². The number of aromatic nitrogens is 1. The molecule has 1 aromatic heterocycles. The predicted octanol–water partition coefficient (Wildman–Crippen LogP) is 3.15. The molecule has 0 saturated heterocycles. The van der Waals surface area contributed by atoms with Gasteiger partial charge in [0.25, 0.3) is 0 Å². The van der Waals surface area contributed by atoms with Gasteiger partial charge in [0.05, 0.1) is 0 Å². The lowest BCUT2D eigenvalue weighted by molar-refractivity contribution is -0.134. The number of benzene rings is 1. The molecule has 1 aromatic carbocycles. The number of hydrogen-bond acceptors (Lipinski definition) is 3. The predicted molar refractivity (Wildman–Crippen MR) is 80.8 cm³/mol. The van der Waals surface area contributed by atoms with E-state index >= 15 is 0 Å². The summed E-state index contributed by atoms with van der Waals surface area (Å²) in [6, 6.07) is 5.67. The topological polar surface area (TPSA) is 68.1 Å². The minimum atomic E-state index is -0.159. The largest absolute Gasteiger partial charge is 0.427 e. The van der Waals surface area contributed by atoms with Crippen LogP contribution in [0.3, 0.4) is 0 Å². The number of carbonyl (C=O) groups excluding carboxylic acids is 1. The molecule has 0 spiro atoms. The van der Waals surface area contributed by atoms with Crippen molar-refractivity contribution in [3.63, 3.8) is 0 Å². The Labute approximate surface area is 119 Å². The van der Waals surface area contributed by atoms with E-state index in [1.54, 1.807) is 0 Å². The highest BCUT2D eigenvalue weighted by atomic mass is 16.5. The molecule has 2 aromatic rings. The number of nitrogens with two attached hydrogens (primary N) is 1. The average Bonchev–Trinajstić information content (AvgIpc) is 2.82. The van der Waals surface area contributed by atoms with Crippen LogP contribution in [0.4, 0.5) is 0 Å². The molecule has 0 bridgehead atoms. The third-order valence-corrected chi connectivity index (χ3v) is 3.37. The van der Waals surface area contributed by atoms with Crippen molar-refractivity contribution in [2.45, 2.75) is 39.0 Å². The molecule has 1 heterocycles. The summed E-state index contributed by atoms with van der Waals surface area (Å²) in [5.74, 6) is 0.450. The first-order valence-corrected chi connectivity index (χ1v) is 7.25. The van der Waals surface area contributed by atoms with Crippen molar-refractivity contribution >= 4 is 16.9 Å². The number of aromatic amines is 1. The van der Waals surface area contributed by atoms with Crippen molar-refractivity contribution < 1.29 is 9.53 Å². The maximum absolute atomic E-state index is 11.7. The molecule has 3 N–H and O–H groups in total. The van der Waals surface area contributed by atoms with Gasteiger partial charge in [0, 0.05) is 23.5 Å². The van der Waals surface area contributed by atoms with E-state index in [2.05, 4.69) is 11.9 Å². The van der Waals surface area contributed by atoms with E-state index in [1.807, 2.05) is 24.4 Å². The van der Waals surface area contributed by atoms with Crippen LogP contribution >= 0.6 is 0 Å². The van der Waals surface area contributed by atoms with Gasteiger partial charge >= 0.3 is 5.97 Å². The Morgan fingerprint density at radius 1 is 1.35 bits per heavy atom. The Morgan fingerprint density at radius 2 is 2.20 bits per heavy atom. The van der Waals surface area contributed by atoms with Gasteiger partial charge in [-0.25, -0.2) is 0 Å². The first-order valence-electron chi connectivity index (χ1n) is 7.25. The lowest BCUT2D eigenvalue weighted by Gasteiger charge is -2.05. The van der Waals surface area contributed by atoms with Gasteiger partial charge in [0.15, 0.2) is 0 Å². The molecule has 0 aliphatic heterocycles. The van der Waals surface area contributed by atoms with Gasteiger partial charge < -0.3 is 15.5 Å². The van der Waals surface area contributed by atoms with Gasteiger partial charge in [-0.05, 0) is 43.1 Å². The van der Waals surface area contributed by atoms with Crippen LogP contribution in [-0.2, 0) is 11.2 Å². The molecule has 4 nitrogen and oxygen atoms in total. The van der Waals surface area contributed by atoms with Gasteiger partial charge in [0.1, 0.15) is 5.75 Å². The van der Waals surface area contributed by atoms with Gasteiger partial charge in [-0.15, -0.1) is 0 Å². The van der Waals surface area contributed by atoms with Crippen LogP contribution in [0.25, 0.3) is 10.9 Å². The van der Waals surface area contributed by atoms with Crippen LogP contribution in [0.1, 0.15) is 38.2 Å². The van der Waals surface area contributed by atoms with Crippen LogP contribution in [0.5, 0.6) is 5.75 Å². The van der Waals surface area contributed by atoms with E-state index < -0.39 is 0 Å². The second-order valence-electron chi connectivity index (χ2n) is 4.99. The molecule has 0 radical (unpaired) electrons. The summed E-state index contributed by atoms with van der Waals surface area (Å²) in [5, 5.41) is 1.08. The summed E-state index contributed by atoms with van der Waals surface area (Å²) in [5.41, 5.74) is 7.80. The normalized spacial score (nSPS) is 10.9. The van der Waals surface area contributed by atoms with E-state index in [9.17, 15) is 4.79 Å². The summed E-state index contributed by atoms with van der Waals surface area (Å²) in [7, 11) is 0. The summed E-state index contributed by atoms with van der Waals surface area (Å²) >= 11 is 0. The molecular weight excluding hydrogens is 252 g/mol. The number of fused-ring (bicyclic) bond motifs is 1. The first-order chi connectivity index (χ1) is 9.74. The van der Waals surface area contributed by atoms with Crippen molar-refractivity contribution in [3.05, 3.63) is 30.0 Å². The zero-order valence-corrected chi connectivity index (χ0v) is 11.9. The number of rotatable bonds is 7. The van der Waals surface area contributed by atoms with E-state index in [1.165, 1.54) is 0 Å². The van der Waals surface area contributed by atoms with Crippen LogP contribution in [0, 0.1) is 0 Å². The lowest BCUT2D eigenvalue weighted by atomic mass is 10.1. The Balaban J connectivity index is 2.06. The fraction of sp³-hybridized carbons (Fsp3) is 0.438. The Bertz CT molecular complexity index is 575. The van der Waals surface area contributed by atoms with Crippen molar-refractivity contribution in [2.24, 2.45) is 5.73 Å². The van der Waals surface area contributed by atoms with E-state index in [-0.39, 0.29) is 5.97 Å². The van der Waals surface area contributed by atoms with E-state index in [0.29, 0.717) is 18.7 Å². The molecule has 0 amide bonds. The second-order valence-corrected chi connectivity index (χ2v) is 4.99. The zero-order chi connectivity index (χ0) is 14.4. The van der Waals surface area contributed by atoms with E-state index in [4.69, 9.17) is 10.5 Å². The molecule has 0 aliphatic carbocycles. The van der Waals surface area contributed by atoms with Crippen molar-refractivity contribution in [3.8, 4) is 5.75 Å². The minimum absolute atomic E-state index is 0.159. The highest BCUT2D eigenvalue weighted by Gasteiger charge is 2.08. The molecule has 0 saturated carbocycles. The number of hydrogen-bond donors (Lipinski definition) is 2. The number of nitrogens with one attached hydrogen (secondary N) is 1. The molecule has 0 aliphatic rings. The minimum Gasteiger partial charge on any atom is -0.427 e. The standard InChI is InChI=1S/C16H22N2O2/c1-2-3-4-5-16(19)20-13-6-7-15-14(10-13)12(8-9-17)11-18-15/h6-7,10-11,18H,2-5,8-9,17H2,1H3. The third kappa shape index (κ3) is 3.61. The third-order valence-electron chi connectivity index (χ3n) is 3.37. The number of ether oxygens (including phenoxy) is 1. The average molecular weight is 274 g/mol. The first kappa shape index (κ1) is 14.6. The second kappa shape index (κ2) is 7.10. The monoisotopic (exact) mass is 274 g/mol. The Kier molecular flexibility index (Phi) is 5.18. The quantitative estimate of drug-likeness (QED) is 0.463. The zero-order valence-electron chi connectivity index (χ0n) is 11.9. The molecule has 4 heteroatoms. The van der Waals surface area contributed by atoms with Crippen molar-refractivity contribution in [2.75, 3.05) is 6.54 Å². The number of H-pyrrole nitrogens is 1. The maximum Gasteiger partial charge on any atom is 0.311 e. The number of unbranched alkanes of at least 4 members (excludes halogenated alkanes) is 2. The SMILES string of the molecule is CCCCCC(=O)Oc1ccc2[nH]cc(CCN)c2c1. The van der Waals surface area contributed by atoms with Crippen LogP contribution in [0.2, 0.25) is 0 Å².